The summed E-state index contributed by atoms with van der Waals surface area (Å²) < 4.78 is 1.03. The fourth-order valence-corrected chi connectivity index (χ4v) is 4.46. The number of rotatable bonds is 3. The van der Waals surface area contributed by atoms with Crippen molar-refractivity contribution in [2.24, 2.45) is 0 Å². The van der Waals surface area contributed by atoms with Crippen molar-refractivity contribution in [3.05, 3.63) is 64.3 Å². The Hall–Kier alpha value is -2.44. The second kappa shape index (κ2) is 5.82. The number of urea groups is 1. The number of aromatic nitrogens is 1. The Morgan fingerprint density at radius 2 is 1.96 bits per heavy atom. The van der Waals surface area contributed by atoms with Crippen LogP contribution in [0.3, 0.4) is 0 Å². The van der Waals surface area contributed by atoms with Gasteiger partial charge in [-0.3, -0.25) is 14.7 Å². The minimum absolute atomic E-state index is 0.144. The number of hydrogen-bond donors (Lipinski definition) is 1. The molecule has 1 N–H and O–H groups in total. The van der Waals surface area contributed by atoms with E-state index in [0.29, 0.717) is 10.7 Å². The highest BCUT2D eigenvalue weighted by atomic mass is 35.5. The fourth-order valence-electron chi connectivity index (χ4n) is 2.98. The van der Waals surface area contributed by atoms with Crippen molar-refractivity contribution < 1.29 is 9.59 Å². The molecule has 0 radical (unpaired) electrons. The normalized spacial score (nSPS) is 20.3. The van der Waals surface area contributed by atoms with Crippen molar-refractivity contribution in [3.63, 3.8) is 0 Å². The maximum atomic E-state index is 12.9. The summed E-state index contributed by atoms with van der Waals surface area (Å²) in [5.74, 6) is -0.329. The molecule has 1 fully saturated rings. The number of nitrogens with one attached hydrogen (secondary N) is 1. The summed E-state index contributed by atoms with van der Waals surface area (Å²) in [7, 11) is 0. The van der Waals surface area contributed by atoms with Gasteiger partial charge < -0.3 is 5.32 Å². The fraction of sp³-hybridized carbons (Fsp3) is 0.167. The zero-order valence-corrected chi connectivity index (χ0v) is 14.9. The van der Waals surface area contributed by atoms with Crippen LogP contribution in [-0.2, 0) is 16.9 Å². The number of amides is 3. The van der Waals surface area contributed by atoms with Crippen LogP contribution in [0, 0.1) is 0 Å². The van der Waals surface area contributed by atoms with Crippen LogP contribution in [0.25, 0.3) is 10.1 Å². The molecular weight excluding hydrogens is 358 g/mol. The molecule has 4 rings (SSSR count). The SMILES string of the molecule is C[C@]1(c2ccccn2)NC(=O)N(Cc2sc3ccccc3c2Cl)C1=O. The van der Waals surface area contributed by atoms with Gasteiger partial charge >= 0.3 is 6.03 Å². The minimum atomic E-state index is -1.17. The summed E-state index contributed by atoms with van der Waals surface area (Å²) in [5, 5.41) is 4.28. The maximum Gasteiger partial charge on any atom is 0.325 e. The Kier molecular flexibility index (Phi) is 3.74. The van der Waals surface area contributed by atoms with Crippen molar-refractivity contribution >= 4 is 45.0 Å². The van der Waals surface area contributed by atoms with Gasteiger partial charge in [-0.2, -0.15) is 0 Å². The zero-order chi connectivity index (χ0) is 17.6. The number of thiophene rings is 1. The highest BCUT2D eigenvalue weighted by molar-refractivity contribution is 7.19. The van der Waals surface area contributed by atoms with Crippen molar-refractivity contribution in [3.8, 4) is 0 Å². The van der Waals surface area contributed by atoms with E-state index in [1.165, 1.54) is 16.2 Å². The van der Waals surface area contributed by atoms with Crippen LogP contribution in [0.2, 0.25) is 5.02 Å². The minimum Gasteiger partial charge on any atom is -0.318 e. The number of pyridine rings is 1. The molecule has 0 spiro atoms. The second-order valence-corrected chi connectivity index (χ2v) is 7.51. The Morgan fingerprint density at radius 3 is 2.68 bits per heavy atom. The molecule has 7 heteroatoms. The van der Waals surface area contributed by atoms with E-state index in [-0.39, 0.29) is 12.5 Å². The lowest BCUT2D eigenvalue weighted by Gasteiger charge is -2.20. The van der Waals surface area contributed by atoms with Crippen molar-refractivity contribution in [2.75, 3.05) is 0 Å². The number of carbonyl (C=O) groups excluding carboxylic acids is 2. The molecule has 3 aromatic rings. The third-order valence-electron chi connectivity index (χ3n) is 4.36. The molecule has 1 saturated heterocycles. The van der Waals surface area contributed by atoms with Gasteiger partial charge in [0.05, 0.1) is 17.3 Å². The average Bonchev–Trinajstić information content (AvgIpc) is 3.06. The van der Waals surface area contributed by atoms with E-state index >= 15 is 0 Å². The summed E-state index contributed by atoms with van der Waals surface area (Å²) >= 11 is 7.94. The van der Waals surface area contributed by atoms with Crippen molar-refractivity contribution in [2.45, 2.75) is 19.0 Å². The molecular formula is C18H14ClN3O2S. The Balaban J connectivity index is 1.68. The van der Waals surface area contributed by atoms with Crippen LogP contribution in [0.5, 0.6) is 0 Å². The second-order valence-electron chi connectivity index (χ2n) is 6.00. The maximum absolute atomic E-state index is 12.9. The van der Waals surface area contributed by atoms with Crippen LogP contribution in [-0.4, -0.2) is 21.8 Å². The van der Waals surface area contributed by atoms with Crippen LogP contribution in [0.4, 0.5) is 4.79 Å². The van der Waals surface area contributed by atoms with Gasteiger partial charge in [0.1, 0.15) is 0 Å². The molecule has 5 nitrogen and oxygen atoms in total. The van der Waals surface area contributed by atoms with Crippen LogP contribution >= 0.6 is 22.9 Å². The van der Waals surface area contributed by atoms with E-state index in [4.69, 9.17) is 11.6 Å². The predicted molar refractivity (Wildman–Crippen MR) is 97.5 cm³/mol. The first-order valence-electron chi connectivity index (χ1n) is 7.72. The zero-order valence-electron chi connectivity index (χ0n) is 13.3. The third-order valence-corrected chi connectivity index (χ3v) is 6.05. The standard InChI is InChI=1S/C18H14ClN3O2S/c1-18(14-8-4-5-9-20-14)16(23)22(17(24)21-18)10-13-15(19)11-6-2-3-7-12(11)25-13/h2-9H,10H2,1H3,(H,21,24)/t18-/m1/s1. The van der Waals surface area contributed by atoms with E-state index in [0.717, 1.165) is 15.0 Å². The molecule has 0 unspecified atom stereocenters. The van der Waals surface area contributed by atoms with Crippen molar-refractivity contribution in [1.82, 2.24) is 15.2 Å². The predicted octanol–water partition coefficient (Wildman–Crippen LogP) is 3.92. The molecule has 0 aliphatic carbocycles. The lowest BCUT2D eigenvalue weighted by Crippen LogP contribution is -2.41. The smallest absolute Gasteiger partial charge is 0.318 e. The number of hydrogen-bond acceptors (Lipinski definition) is 4. The quantitative estimate of drug-likeness (QED) is 0.710. The molecule has 1 aromatic carbocycles. The monoisotopic (exact) mass is 371 g/mol. The summed E-state index contributed by atoms with van der Waals surface area (Å²) in [6.45, 7) is 1.81. The van der Waals surface area contributed by atoms with E-state index in [1.54, 1.807) is 31.3 Å². The van der Waals surface area contributed by atoms with Crippen molar-refractivity contribution in [1.29, 1.82) is 0 Å². The molecule has 1 aliphatic rings. The van der Waals surface area contributed by atoms with Gasteiger partial charge in [0.25, 0.3) is 5.91 Å². The van der Waals surface area contributed by atoms with E-state index < -0.39 is 11.6 Å². The molecule has 1 atom stereocenters. The number of imide groups is 1. The van der Waals surface area contributed by atoms with Gasteiger partial charge in [-0.1, -0.05) is 35.9 Å². The van der Waals surface area contributed by atoms with Crippen LogP contribution in [0.15, 0.2) is 48.7 Å². The van der Waals surface area contributed by atoms with E-state index in [2.05, 4.69) is 10.3 Å². The van der Waals surface area contributed by atoms with Gasteiger partial charge in [-0.25, -0.2) is 4.79 Å². The van der Waals surface area contributed by atoms with Gasteiger partial charge in [0, 0.05) is 21.2 Å². The van der Waals surface area contributed by atoms with Crippen LogP contribution in [0.1, 0.15) is 17.5 Å². The summed E-state index contributed by atoms with van der Waals surface area (Å²) in [6.07, 6.45) is 1.60. The Labute approximate surface area is 153 Å². The highest BCUT2D eigenvalue weighted by Gasteiger charge is 2.50. The number of halogens is 1. The first-order valence-corrected chi connectivity index (χ1v) is 8.91. The number of carbonyl (C=O) groups is 2. The molecule has 3 heterocycles. The summed E-state index contributed by atoms with van der Waals surface area (Å²) in [6, 6.07) is 12.6. The molecule has 2 aromatic heterocycles. The highest BCUT2D eigenvalue weighted by Crippen LogP contribution is 2.37. The topological polar surface area (TPSA) is 62.3 Å². The molecule has 3 amide bonds. The third kappa shape index (κ3) is 2.49. The lowest BCUT2D eigenvalue weighted by atomic mass is 9.97. The van der Waals surface area contributed by atoms with Gasteiger partial charge in [0.15, 0.2) is 5.54 Å². The first-order chi connectivity index (χ1) is 12.0. The Morgan fingerprint density at radius 1 is 1.20 bits per heavy atom. The summed E-state index contributed by atoms with van der Waals surface area (Å²) in [5.41, 5.74) is -0.653. The largest absolute Gasteiger partial charge is 0.325 e. The van der Waals surface area contributed by atoms with Gasteiger partial charge in [-0.15, -0.1) is 11.3 Å². The molecule has 0 saturated carbocycles. The molecule has 1 aliphatic heterocycles. The molecule has 0 bridgehead atoms. The average molecular weight is 372 g/mol. The number of benzene rings is 1. The molecule has 126 valence electrons. The summed E-state index contributed by atoms with van der Waals surface area (Å²) in [4.78, 5) is 31.6. The van der Waals surface area contributed by atoms with Gasteiger partial charge in [0.2, 0.25) is 0 Å². The Bertz CT molecular complexity index is 988. The van der Waals surface area contributed by atoms with E-state index in [1.807, 2.05) is 24.3 Å². The number of fused-ring (bicyclic) bond motifs is 1. The van der Waals surface area contributed by atoms with Crippen LogP contribution < -0.4 is 5.32 Å². The first kappa shape index (κ1) is 16.1. The van der Waals surface area contributed by atoms with E-state index in [9.17, 15) is 9.59 Å². The number of nitrogens with zero attached hydrogens (tertiary/aromatic N) is 2. The lowest BCUT2D eigenvalue weighted by molar-refractivity contribution is -0.131. The molecule has 25 heavy (non-hydrogen) atoms. The van der Waals surface area contributed by atoms with Gasteiger partial charge in [-0.05, 0) is 25.1 Å².